The predicted molar refractivity (Wildman–Crippen MR) is 104 cm³/mol. The lowest BCUT2D eigenvalue weighted by molar-refractivity contribution is 0.103. The van der Waals surface area contributed by atoms with Gasteiger partial charge in [0.05, 0.1) is 11.1 Å². The highest BCUT2D eigenvalue weighted by Gasteiger charge is 2.17. The van der Waals surface area contributed by atoms with E-state index in [-0.39, 0.29) is 22.6 Å². The molecule has 3 aromatic carbocycles. The molecule has 1 aromatic heterocycles. The van der Waals surface area contributed by atoms with Gasteiger partial charge in [0, 0.05) is 23.7 Å². The van der Waals surface area contributed by atoms with Gasteiger partial charge in [-0.25, -0.2) is 4.39 Å². The number of halogens is 1. The van der Waals surface area contributed by atoms with Crippen molar-refractivity contribution in [2.45, 2.75) is 6.54 Å². The minimum Gasteiger partial charge on any atom is -0.342 e. The summed E-state index contributed by atoms with van der Waals surface area (Å²) >= 11 is 0. The lowest BCUT2D eigenvalue weighted by Gasteiger charge is -2.13. The Morgan fingerprint density at radius 3 is 2.41 bits per heavy atom. The molecular formula is C23H16FNO2. The number of pyridine rings is 1. The highest BCUT2D eigenvalue weighted by Crippen LogP contribution is 2.16. The number of para-hydroxylation sites is 1. The van der Waals surface area contributed by atoms with E-state index in [1.165, 1.54) is 12.1 Å². The predicted octanol–water partition coefficient (Wildman–Crippen LogP) is 4.42. The van der Waals surface area contributed by atoms with E-state index >= 15 is 0 Å². The van der Waals surface area contributed by atoms with E-state index in [4.69, 9.17) is 0 Å². The average Bonchev–Trinajstić information content (AvgIpc) is 2.70. The third-order valence-corrected chi connectivity index (χ3v) is 4.51. The normalized spacial score (nSPS) is 10.9. The number of hydrogen-bond acceptors (Lipinski definition) is 2. The van der Waals surface area contributed by atoms with Crippen LogP contribution in [0.2, 0.25) is 0 Å². The van der Waals surface area contributed by atoms with Crippen LogP contribution < -0.4 is 5.43 Å². The minimum atomic E-state index is -0.321. The molecule has 1 heterocycles. The molecule has 0 aliphatic heterocycles. The molecule has 4 rings (SSSR count). The van der Waals surface area contributed by atoms with Crippen molar-refractivity contribution in [3.8, 4) is 0 Å². The van der Waals surface area contributed by atoms with E-state index in [0.29, 0.717) is 23.0 Å². The third-order valence-electron chi connectivity index (χ3n) is 4.51. The zero-order valence-corrected chi connectivity index (χ0v) is 14.4. The molecular weight excluding hydrogens is 341 g/mol. The van der Waals surface area contributed by atoms with Crippen LogP contribution in [0.1, 0.15) is 21.5 Å². The largest absolute Gasteiger partial charge is 0.342 e. The Bertz CT molecular complexity index is 1200. The second kappa shape index (κ2) is 7.00. The fourth-order valence-corrected chi connectivity index (χ4v) is 3.21. The molecule has 0 aliphatic rings. The van der Waals surface area contributed by atoms with Crippen LogP contribution in [0, 0.1) is 5.82 Å². The van der Waals surface area contributed by atoms with Crippen LogP contribution >= 0.6 is 0 Å². The minimum absolute atomic E-state index is 0.108. The van der Waals surface area contributed by atoms with Gasteiger partial charge in [-0.3, -0.25) is 9.59 Å². The first kappa shape index (κ1) is 16.9. The molecule has 0 unspecified atom stereocenters. The molecule has 4 heteroatoms. The molecule has 27 heavy (non-hydrogen) atoms. The first-order chi connectivity index (χ1) is 13.1. The molecule has 0 amide bonds. The fourth-order valence-electron chi connectivity index (χ4n) is 3.21. The van der Waals surface area contributed by atoms with Crippen LogP contribution in [0.4, 0.5) is 4.39 Å². The number of rotatable bonds is 4. The Balaban J connectivity index is 1.89. The molecule has 132 valence electrons. The Morgan fingerprint density at radius 1 is 0.889 bits per heavy atom. The first-order valence-electron chi connectivity index (χ1n) is 8.60. The molecule has 0 spiro atoms. The second-order valence-corrected chi connectivity index (χ2v) is 6.34. The quantitative estimate of drug-likeness (QED) is 0.507. The van der Waals surface area contributed by atoms with Crippen molar-refractivity contribution in [3.63, 3.8) is 0 Å². The van der Waals surface area contributed by atoms with Gasteiger partial charge in [0.2, 0.25) is 5.43 Å². The molecule has 0 aliphatic carbocycles. The van der Waals surface area contributed by atoms with Gasteiger partial charge in [-0.05, 0) is 29.8 Å². The Hall–Kier alpha value is -3.53. The van der Waals surface area contributed by atoms with Gasteiger partial charge >= 0.3 is 0 Å². The number of aromatic nitrogens is 1. The zero-order chi connectivity index (χ0) is 18.8. The molecule has 0 saturated carbocycles. The van der Waals surface area contributed by atoms with E-state index in [0.717, 1.165) is 5.56 Å². The second-order valence-electron chi connectivity index (χ2n) is 6.34. The molecule has 0 radical (unpaired) electrons. The summed E-state index contributed by atoms with van der Waals surface area (Å²) in [6, 6.07) is 22.2. The highest BCUT2D eigenvalue weighted by molar-refractivity contribution is 6.10. The number of hydrogen-bond donors (Lipinski definition) is 0. The third kappa shape index (κ3) is 3.29. The highest BCUT2D eigenvalue weighted by atomic mass is 19.1. The summed E-state index contributed by atoms with van der Waals surface area (Å²) in [5.74, 6) is -0.641. The molecule has 0 N–H and O–H groups in total. The molecule has 0 saturated heterocycles. The van der Waals surface area contributed by atoms with Crippen LogP contribution in [-0.2, 0) is 6.54 Å². The van der Waals surface area contributed by atoms with E-state index in [2.05, 4.69) is 0 Å². The Labute approximate surface area is 155 Å². The molecule has 0 atom stereocenters. The van der Waals surface area contributed by atoms with Crippen molar-refractivity contribution in [2.24, 2.45) is 0 Å². The van der Waals surface area contributed by atoms with Crippen molar-refractivity contribution in [1.82, 2.24) is 4.57 Å². The summed E-state index contributed by atoms with van der Waals surface area (Å²) in [5, 5.41) is 0.468. The molecule has 3 nitrogen and oxygen atoms in total. The lowest BCUT2D eigenvalue weighted by Crippen LogP contribution is -2.20. The number of carbonyl (C=O) groups excluding carboxylic acids is 1. The van der Waals surface area contributed by atoms with Gasteiger partial charge in [-0.15, -0.1) is 0 Å². The van der Waals surface area contributed by atoms with Gasteiger partial charge < -0.3 is 4.57 Å². The fraction of sp³-hybridized carbons (Fsp3) is 0.0435. The number of fused-ring (bicyclic) bond motifs is 1. The Kier molecular flexibility index (Phi) is 4.38. The maximum Gasteiger partial charge on any atom is 0.200 e. The number of nitrogens with zero attached hydrogens (tertiary/aromatic N) is 1. The summed E-state index contributed by atoms with van der Waals surface area (Å²) in [7, 11) is 0. The van der Waals surface area contributed by atoms with Crippen LogP contribution in [0.15, 0.2) is 89.9 Å². The van der Waals surface area contributed by atoms with Crippen LogP contribution in [0.25, 0.3) is 10.9 Å². The van der Waals surface area contributed by atoms with Gasteiger partial charge in [-0.2, -0.15) is 0 Å². The van der Waals surface area contributed by atoms with Gasteiger partial charge in [0.15, 0.2) is 5.78 Å². The van der Waals surface area contributed by atoms with Crippen LogP contribution in [0.3, 0.4) is 0 Å². The van der Waals surface area contributed by atoms with E-state index in [9.17, 15) is 14.0 Å². The smallest absolute Gasteiger partial charge is 0.200 e. The topological polar surface area (TPSA) is 39.1 Å². The average molecular weight is 357 g/mol. The summed E-state index contributed by atoms with van der Waals surface area (Å²) in [4.78, 5) is 25.8. The van der Waals surface area contributed by atoms with Crippen molar-refractivity contribution < 1.29 is 9.18 Å². The molecule has 4 aromatic rings. The number of ketones is 1. The van der Waals surface area contributed by atoms with Crippen LogP contribution in [-0.4, -0.2) is 10.4 Å². The first-order valence-corrected chi connectivity index (χ1v) is 8.60. The summed E-state index contributed by atoms with van der Waals surface area (Å²) < 4.78 is 15.4. The lowest BCUT2D eigenvalue weighted by atomic mass is 10.0. The van der Waals surface area contributed by atoms with Gasteiger partial charge in [0.1, 0.15) is 5.82 Å². The van der Waals surface area contributed by atoms with Gasteiger partial charge in [0.25, 0.3) is 0 Å². The van der Waals surface area contributed by atoms with Crippen molar-refractivity contribution in [1.29, 1.82) is 0 Å². The van der Waals surface area contributed by atoms with Crippen molar-refractivity contribution in [2.75, 3.05) is 0 Å². The van der Waals surface area contributed by atoms with Crippen LogP contribution in [0.5, 0.6) is 0 Å². The maximum atomic E-state index is 13.6. The number of carbonyl (C=O) groups is 1. The summed E-state index contributed by atoms with van der Waals surface area (Å²) in [5.41, 5.74) is 1.73. The van der Waals surface area contributed by atoms with Gasteiger partial charge in [-0.1, -0.05) is 54.6 Å². The summed E-state index contributed by atoms with van der Waals surface area (Å²) in [6.07, 6.45) is 1.57. The molecule has 0 bridgehead atoms. The standard InChI is InChI=1S/C23H16FNO2/c24-18-10-6-7-16(13-18)14-25-15-20(22(26)17-8-2-1-3-9-17)23(27)19-11-4-5-12-21(19)25/h1-13,15H,14H2. The zero-order valence-electron chi connectivity index (χ0n) is 14.4. The SMILES string of the molecule is O=C(c1ccccc1)c1cn(Cc2cccc(F)c2)c2ccccc2c1=O. The van der Waals surface area contributed by atoms with Crippen molar-refractivity contribution >= 4 is 16.7 Å². The summed E-state index contributed by atoms with van der Waals surface area (Å²) in [6.45, 7) is 0.355. The monoisotopic (exact) mass is 357 g/mol. The van der Waals surface area contributed by atoms with E-state index in [1.807, 2.05) is 28.8 Å². The van der Waals surface area contributed by atoms with Crippen molar-refractivity contribution in [3.05, 3.63) is 118 Å². The maximum absolute atomic E-state index is 13.6. The van der Waals surface area contributed by atoms with E-state index in [1.54, 1.807) is 48.7 Å². The van der Waals surface area contributed by atoms with E-state index < -0.39 is 0 Å². The Morgan fingerprint density at radius 2 is 1.63 bits per heavy atom. The molecule has 0 fully saturated rings. The number of benzene rings is 3.